The second-order valence-electron chi connectivity index (χ2n) is 6.80. The molecular formula is C18H21F3N2O3. The Kier molecular flexibility index (Phi) is 5.22. The molecule has 1 N–H and O–H groups in total. The van der Waals surface area contributed by atoms with Crippen LogP contribution in [0.2, 0.25) is 0 Å². The second kappa shape index (κ2) is 7.26. The van der Waals surface area contributed by atoms with Gasteiger partial charge in [0, 0.05) is 25.3 Å². The number of nitrogens with one attached hydrogen (secondary N) is 1. The van der Waals surface area contributed by atoms with Crippen LogP contribution < -0.4 is 10.2 Å². The van der Waals surface area contributed by atoms with Gasteiger partial charge in [-0.2, -0.15) is 13.2 Å². The lowest BCUT2D eigenvalue weighted by atomic mass is 10.1. The molecule has 3 atom stereocenters. The minimum Gasteiger partial charge on any atom is -0.376 e. The summed E-state index contributed by atoms with van der Waals surface area (Å²) in [5.74, 6) is -1.20. The average Bonchev–Trinajstić information content (AvgIpc) is 3.23. The third kappa shape index (κ3) is 4.00. The van der Waals surface area contributed by atoms with Crippen molar-refractivity contribution in [3.05, 3.63) is 29.8 Å². The summed E-state index contributed by atoms with van der Waals surface area (Å²) in [7, 11) is 0. The lowest BCUT2D eigenvalue weighted by molar-refractivity contribution is -0.137. The van der Waals surface area contributed by atoms with E-state index in [0.717, 1.165) is 25.0 Å². The van der Waals surface area contributed by atoms with Crippen LogP contribution >= 0.6 is 0 Å². The van der Waals surface area contributed by atoms with Crippen LogP contribution in [0.5, 0.6) is 0 Å². The van der Waals surface area contributed by atoms with Gasteiger partial charge in [0.2, 0.25) is 11.8 Å². The maximum absolute atomic E-state index is 12.9. The first kappa shape index (κ1) is 18.7. The molecule has 0 radical (unpaired) electrons. The maximum atomic E-state index is 12.9. The van der Waals surface area contributed by atoms with Crippen LogP contribution in [0.25, 0.3) is 0 Å². The van der Waals surface area contributed by atoms with E-state index in [-0.39, 0.29) is 42.6 Å². The van der Waals surface area contributed by atoms with E-state index in [9.17, 15) is 22.8 Å². The number of halogens is 3. The van der Waals surface area contributed by atoms with Crippen LogP contribution in [0.3, 0.4) is 0 Å². The number of benzene rings is 1. The molecule has 0 spiro atoms. The molecule has 2 aliphatic heterocycles. The Labute approximate surface area is 149 Å². The van der Waals surface area contributed by atoms with Gasteiger partial charge in [-0.25, -0.2) is 0 Å². The number of carbonyl (C=O) groups is 2. The van der Waals surface area contributed by atoms with E-state index in [0.29, 0.717) is 6.61 Å². The SMILES string of the molecule is C[C@H](NC(=O)[C@H]1CC(=O)N(c2cccc(C(F)(F)F)c2)C1)[C@@H]1CCCO1. The number of hydrogen-bond acceptors (Lipinski definition) is 3. The Bertz CT molecular complexity index is 687. The van der Waals surface area contributed by atoms with Gasteiger partial charge in [-0.15, -0.1) is 0 Å². The minimum atomic E-state index is -4.48. The predicted octanol–water partition coefficient (Wildman–Crippen LogP) is 2.74. The predicted molar refractivity (Wildman–Crippen MR) is 88.5 cm³/mol. The van der Waals surface area contributed by atoms with Crippen molar-refractivity contribution in [2.75, 3.05) is 18.1 Å². The summed E-state index contributed by atoms with van der Waals surface area (Å²) in [5.41, 5.74) is -0.657. The van der Waals surface area contributed by atoms with Crippen LogP contribution in [-0.4, -0.2) is 37.1 Å². The first-order chi connectivity index (χ1) is 12.3. The highest BCUT2D eigenvalue weighted by Gasteiger charge is 2.37. The molecule has 0 bridgehead atoms. The van der Waals surface area contributed by atoms with E-state index < -0.39 is 17.7 Å². The fourth-order valence-corrected chi connectivity index (χ4v) is 3.41. The van der Waals surface area contributed by atoms with Gasteiger partial charge in [-0.1, -0.05) is 6.07 Å². The molecule has 2 heterocycles. The fourth-order valence-electron chi connectivity index (χ4n) is 3.41. The first-order valence-electron chi connectivity index (χ1n) is 8.65. The van der Waals surface area contributed by atoms with E-state index in [1.54, 1.807) is 0 Å². The summed E-state index contributed by atoms with van der Waals surface area (Å²) in [4.78, 5) is 25.9. The van der Waals surface area contributed by atoms with Crippen molar-refractivity contribution in [2.45, 2.75) is 44.5 Å². The lowest BCUT2D eigenvalue weighted by Gasteiger charge is -2.22. The number of ether oxygens (including phenoxy) is 1. The van der Waals surface area contributed by atoms with Crippen LogP contribution in [0.1, 0.15) is 31.7 Å². The molecule has 2 amide bonds. The zero-order chi connectivity index (χ0) is 18.9. The molecule has 0 saturated carbocycles. The number of hydrogen-bond donors (Lipinski definition) is 1. The normalized spacial score (nSPS) is 24.8. The Morgan fingerprint density at radius 2 is 2.15 bits per heavy atom. The summed E-state index contributed by atoms with van der Waals surface area (Å²) in [5, 5.41) is 2.87. The molecule has 3 rings (SSSR count). The monoisotopic (exact) mass is 370 g/mol. The largest absolute Gasteiger partial charge is 0.416 e. The Morgan fingerprint density at radius 3 is 2.81 bits per heavy atom. The molecule has 2 fully saturated rings. The summed E-state index contributed by atoms with van der Waals surface area (Å²) in [6.45, 7) is 2.61. The van der Waals surface area contributed by atoms with Gasteiger partial charge in [-0.3, -0.25) is 9.59 Å². The number of rotatable bonds is 4. The van der Waals surface area contributed by atoms with Crippen molar-refractivity contribution in [2.24, 2.45) is 5.92 Å². The Morgan fingerprint density at radius 1 is 1.38 bits per heavy atom. The maximum Gasteiger partial charge on any atom is 0.416 e. The zero-order valence-electron chi connectivity index (χ0n) is 14.4. The molecule has 0 aromatic heterocycles. The minimum absolute atomic E-state index is 0.0136. The summed E-state index contributed by atoms with van der Waals surface area (Å²) >= 11 is 0. The highest BCUT2D eigenvalue weighted by atomic mass is 19.4. The third-order valence-corrected chi connectivity index (χ3v) is 4.87. The molecule has 8 heteroatoms. The highest BCUT2D eigenvalue weighted by Crippen LogP contribution is 2.33. The van der Waals surface area contributed by atoms with Crippen molar-refractivity contribution < 1.29 is 27.5 Å². The topological polar surface area (TPSA) is 58.6 Å². The molecule has 1 aromatic rings. The summed E-state index contributed by atoms with van der Waals surface area (Å²) in [6.07, 6.45) is -2.69. The fraction of sp³-hybridized carbons (Fsp3) is 0.556. The molecule has 2 saturated heterocycles. The Hall–Kier alpha value is -2.09. The van der Waals surface area contributed by atoms with E-state index in [1.165, 1.54) is 17.0 Å². The molecule has 0 aliphatic carbocycles. The number of nitrogens with zero attached hydrogens (tertiary/aromatic N) is 1. The van der Waals surface area contributed by atoms with Crippen LogP contribution in [-0.2, 0) is 20.5 Å². The molecule has 142 valence electrons. The van der Waals surface area contributed by atoms with E-state index in [4.69, 9.17) is 4.74 Å². The molecule has 5 nitrogen and oxygen atoms in total. The van der Waals surface area contributed by atoms with Crippen molar-refractivity contribution >= 4 is 17.5 Å². The Balaban J connectivity index is 1.66. The lowest BCUT2D eigenvalue weighted by Crippen LogP contribution is -2.44. The molecule has 26 heavy (non-hydrogen) atoms. The number of amides is 2. The van der Waals surface area contributed by atoms with Crippen LogP contribution in [0.4, 0.5) is 18.9 Å². The first-order valence-corrected chi connectivity index (χ1v) is 8.65. The van der Waals surface area contributed by atoms with E-state index in [2.05, 4.69) is 5.32 Å². The van der Waals surface area contributed by atoms with Gasteiger partial charge in [0.25, 0.3) is 0 Å². The van der Waals surface area contributed by atoms with E-state index >= 15 is 0 Å². The van der Waals surface area contributed by atoms with E-state index in [1.807, 2.05) is 6.92 Å². The van der Waals surface area contributed by atoms with Crippen molar-refractivity contribution in [1.82, 2.24) is 5.32 Å². The number of anilines is 1. The van der Waals surface area contributed by atoms with Gasteiger partial charge < -0.3 is 15.0 Å². The van der Waals surface area contributed by atoms with Gasteiger partial charge >= 0.3 is 6.18 Å². The van der Waals surface area contributed by atoms with Crippen LogP contribution in [0.15, 0.2) is 24.3 Å². The quantitative estimate of drug-likeness (QED) is 0.887. The average molecular weight is 370 g/mol. The number of alkyl halides is 3. The van der Waals surface area contributed by atoms with Gasteiger partial charge in [-0.05, 0) is 38.0 Å². The molecule has 1 aromatic carbocycles. The standard InChI is InChI=1S/C18H21F3N2O3/c1-11(15-6-3-7-26-15)22-17(25)12-8-16(24)23(10-12)14-5-2-4-13(9-14)18(19,20)21/h2,4-5,9,11-12,15H,3,6-8,10H2,1H3,(H,22,25)/t11-,12-,15-/m0/s1. The van der Waals surface area contributed by atoms with Gasteiger partial charge in [0.15, 0.2) is 0 Å². The van der Waals surface area contributed by atoms with Gasteiger partial charge in [0.05, 0.1) is 23.6 Å². The molecule has 0 unspecified atom stereocenters. The molecule has 2 aliphatic rings. The summed E-state index contributed by atoms with van der Waals surface area (Å²) < 4.78 is 44.1. The van der Waals surface area contributed by atoms with Crippen LogP contribution in [0, 0.1) is 5.92 Å². The molecular weight excluding hydrogens is 349 g/mol. The zero-order valence-corrected chi connectivity index (χ0v) is 14.4. The third-order valence-electron chi connectivity index (χ3n) is 4.87. The second-order valence-corrected chi connectivity index (χ2v) is 6.80. The van der Waals surface area contributed by atoms with Gasteiger partial charge in [0.1, 0.15) is 0 Å². The van der Waals surface area contributed by atoms with Crippen molar-refractivity contribution in [3.8, 4) is 0 Å². The smallest absolute Gasteiger partial charge is 0.376 e. The van der Waals surface area contributed by atoms with Crippen molar-refractivity contribution in [3.63, 3.8) is 0 Å². The number of carbonyl (C=O) groups excluding carboxylic acids is 2. The summed E-state index contributed by atoms with van der Waals surface area (Å²) in [6, 6.07) is 4.44. The van der Waals surface area contributed by atoms with Crippen molar-refractivity contribution in [1.29, 1.82) is 0 Å². The highest BCUT2D eigenvalue weighted by molar-refractivity contribution is 6.00.